The molecule has 8 nitrogen and oxygen atoms in total. The van der Waals surface area contributed by atoms with Crippen molar-refractivity contribution in [2.24, 2.45) is 5.92 Å². The summed E-state index contributed by atoms with van der Waals surface area (Å²) < 4.78 is 5.37. The molecule has 0 radical (unpaired) electrons. The Labute approximate surface area is 168 Å². The zero-order chi connectivity index (χ0) is 20.8. The predicted octanol–water partition coefficient (Wildman–Crippen LogP) is 4.09. The van der Waals surface area contributed by atoms with Gasteiger partial charge in [-0.05, 0) is 30.0 Å². The molecule has 2 aromatic carbocycles. The van der Waals surface area contributed by atoms with Gasteiger partial charge in [-0.25, -0.2) is 0 Å². The Balaban J connectivity index is 1.67. The van der Waals surface area contributed by atoms with Crippen molar-refractivity contribution in [3.8, 4) is 11.4 Å². The molecule has 0 saturated heterocycles. The van der Waals surface area contributed by atoms with Crippen LogP contribution in [0.5, 0.6) is 0 Å². The molecule has 0 aliphatic rings. The molecule has 1 N–H and O–H groups in total. The maximum atomic E-state index is 12.4. The number of non-ortho nitro benzene ring substituents is 1. The second kappa shape index (κ2) is 9.09. The number of nitro benzene ring substituents is 1. The number of aryl methyl sites for hydroxylation is 1. The van der Waals surface area contributed by atoms with E-state index in [-0.39, 0.29) is 17.5 Å². The lowest BCUT2D eigenvalue weighted by Gasteiger charge is -2.18. The highest BCUT2D eigenvalue weighted by atomic mass is 16.6. The van der Waals surface area contributed by atoms with Crippen molar-refractivity contribution in [1.29, 1.82) is 0 Å². The molecule has 3 aromatic rings. The van der Waals surface area contributed by atoms with Crippen molar-refractivity contribution in [2.75, 3.05) is 0 Å². The number of amides is 1. The fraction of sp³-hybridized carbons (Fsp3) is 0.286. The highest BCUT2D eigenvalue weighted by Crippen LogP contribution is 2.25. The van der Waals surface area contributed by atoms with Gasteiger partial charge in [0.25, 0.3) is 5.69 Å². The van der Waals surface area contributed by atoms with Crippen LogP contribution in [0.3, 0.4) is 0 Å². The minimum Gasteiger partial charge on any atom is -0.344 e. The van der Waals surface area contributed by atoms with E-state index in [1.54, 1.807) is 12.1 Å². The number of hydrogen-bond donors (Lipinski definition) is 1. The summed E-state index contributed by atoms with van der Waals surface area (Å²) in [6.45, 7) is 3.91. The third kappa shape index (κ3) is 5.25. The number of nitro groups is 1. The minimum atomic E-state index is -0.467. The maximum absolute atomic E-state index is 12.4. The minimum absolute atomic E-state index is 0.0109. The smallest absolute Gasteiger partial charge is 0.269 e. The van der Waals surface area contributed by atoms with Crippen LogP contribution in [0.25, 0.3) is 11.4 Å². The van der Waals surface area contributed by atoms with E-state index in [0.29, 0.717) is 30.1 Å². The molecule has 0 aliphatic carbocycles. The van der Waals surface area contributed by atoms with Gasteiger partial charge in [-0.15, -0.1) is 0 Å². The van der Waals surface area contributed by atoms with Crippen LogP contribution < -0.4 is 5.32 Å². The third-order valence-electron chi connectivity index (χ3n) is 4.51. The van der Waals surface area contributed by atoms with Crippen LogP contribution in [0, 0.1) is 16.0 Å². The molecule has 0 unspecified atom stereocenters. The quantitative estimate of drug-likeness (QED) is 0.455. The molecule has 3 rings (SSSR count). The van der Waals surface area contributed by atoms with E-state index in [1.165, 1.54) is 12.1 Å². The Kier molecular flexibility index (Phi) is 6.33. The average Bonchev–Trinajstić information content (AvgIpc) is 3.21. The molecule has 0 spiro atoms. The lowest BCUT2D eigenvalue weighted by Crippen LogP contribution is -2.32. The number of hydrogen-bond acceptors (Lipinski definition) is 6. The Morgan fingerprint density at radius 1 is 1.14 bits per heavy atom. The summed E-state index contributed by atoms with van der Waals surface area (Å²) in [5.41, 5.74) is 1.69. The van der Waals surface area contributed by atoms with Gasteiger partial charge in [0.05, 0.1) is 4.92 Å². The topological polar surface area (TPSA) is 111 Å². The Morgan fingerprint density at radius 3 is 2.45 bits per heavy atom. The van der Waals surface area contributed by atoms with Gasteiger partial charge in [-0.1, -0.05) is 49.3 Å². The molecule has 1 amide bonds. The molecule has 0 aliphatic heterocycles. The lowest BCUT2D eigenvalue weighted by atomic mass is 10.0. The van der Waals surface area contributed by atoms with E-state index in [1.807, 2.05) is 44.2 Å². The van der Waals surface area contributed by atoms with Crippen molar-refractivity contribution in [2.45, 2.75) is 32.7 Å². The fourth-order valence-electron chi connectivity index (χ4n) is 2.87. The molecule has 1 aromatic heterocycles. The molecule has 0 bridgehead atoms. The van der Waals surface area contributed by atoms with Crippen molar-refractivity contribution in [3.63, 3.8) is 0 Å². The van der Waals surface area contributed by atoms with Gasteiger partial charge in [0, 0.05) is 24.1 Å². The van der Waals surface area contributed by atoms with Crippen molar-refractivity contribution < 1.29 is 14.2 Å². The molecule has 8 heteroatoms. The van der Waals surface area contributed by atoms with E-state index >= 15 is 0 Å². The molecule has 1 atom stereocenters. The number of aromatic nitrogens is 2. The molecule has 0 saturated carbocycles. The summed E-state index contributed by atoms with van der Waals surface area (Å²) in [5.74, 6) is 0.573. The standard InChI is InChI=1S/C21H22N4O4/c1-14(2)19(22-18(26)13-8-15-6-4-3-5-7-15)21-23-20(24-29-21)16-9-11-17(12-10-16)25(27)28/h3-7,9-12,14,19H,8,13H2,1-2H3,(H,22,26)/t19-/m1/s1. The van der Waals surface area contributed by atoms with E-state index in [0.717, 1.165) is 5.56 Å². The van der Waals surface area contributed by atoms with Crippen LogP contribution in [0.4, 0.5) is 5.69 Å². The highest BCUT2D eigenvalue weighted by molar-refractivity contribution is 5.76. The van der Waals surface area contributed by atoms with Gasteiger partial charge in [0.15, 0.2) is 0 Å². The van der Waals surface area contributed by atoms with E-state index in [2.05, 4.69) is 15.5 Å². The van der Waals surface area contributed by atoms with Gasteiger partial charge >= 0.3 is 0 Å². The molecular formula is C21H22N4O4. The first-order valence-electron chi connectivity index (χ1n) is 9.35. The zero-order valence-electron chi connectivity index (χ0n) is 16.2. The maximum Gasteiger partial charge on any atom is 0.269 e. The Hall–Kier alpha value is -3.55. The summed E-state index contributed by atoms with van der Waals surface area (Å²) in [6, 6.07) is 15.3. The highest BCUT2D eigenvalue weighted by Gasteiger charge is 2.25. The van der Waals surface area contributed by atoms with Crippen LogP contribution in [-0.4, -0.2) is 21.0 Å². The summed E-state index contributed by atoms with van der Waals surface area (Å²) in [6.07, 6.45) is 1.01. The van der Waals surface area contributed by atoms with Crippen LogP contribution in [0.2, 0.25) is 0 Å². The zero-order valence-corrected chi connectivity index (χ0v) is 16.2. The molecule has 150 valence electrons. The third-order valence-corrected chi connectivity index (χ3v) is 4.51. The SMILES string of the molecule is CC(C)[C@@H](NC(=O)CCc1ccccc1)c1nc(-c2ccc([N+](=O)[O-])cc2)no1. The number of carbonyl (C=O) groups excluding carboxylic acids is 1. The molecule has 0 fully saturated rings. The lowest BCUT2D eigenvalue weighted by molar-refractivity contribution is -0.384. The van der Waals surface area contributed by atoms with Crippen molar-refractivity contribution >= 4 is 11.6 Å². The number of rotatable bonds is 8. The first-order chi connectivity index (χ1) is 13.9. The van der Waals surface area contributed by atoms with E-state index in [4.69, 9.17) is 4.52 Å². The molecular weight excluding hydrogens is 372 g/mol. The molecule has 29 heavy (non-hydrogen) atoms. The normalized spacial score (nSPS) is 12.0. The van der Waals surface area contributed by atoms with Gasteiger partial charge in [-0.3, -0.25) is 14.9 Å². The number of nitrogens with one attached hydrogen (secondary N) is 1. The summed E-state index contributed by atoms with van der Waals surface area (Å²) in [7, 11) is 0. The second-order valence-electron chi connectivity index (χ2n) is 7.04. The van der Waals surface area contributed by atoms with Gasteiger partial charge in [0.1, 0.15) is 6.04 Å². The van der Waals surface area contributed by atoms with Crippen molar-refractivity contribution in [3.05, 3.63) is 76.2 Å². The summed E-state index contributed by atoms with van der Waals surface area (Å²) >= 11 is 0. The van der Waals surface area contributed by atoms with Gasteiger partial charge in [-0.2, -0.15) is 4.98 Å². The number of carbonyl (C=O) groups is 1. The van der Waals surface area contributed by atoms with Crippen LogP contribution in [0.15, 0.2) is 59.1 Å². The van der Waals surface area contributed by atoms with Crippen LogP contribution in [-0.2, 0) is 11.2 Å². The number of nitrogens with zero attached hydrogens (tertiary/aromatic N) is 3. The average molecular weight is 394 g/mol. The van der Waals surface area contributed by atoms with Crippen LogP contribution >= 0.6 is 0 Å². The van der Waals surface area contributed by atoms with Crippen LogP contribution in [0.1, 0.15) is 37.8 Å². The molecule has 1 heterocycles. The Bertz CT molecular complexity index is 968. The van der Waals surface area contributed by atoms with Gasteiger partial charge in [0.2, 0.25) is 17.6 Å². The largest absolute Gasteiger partial charge is 0.344 e. The Morgan fingerprint density at radius 2 is 1.83 bits per heavy atom. The predicted molar refractivity (Wildman–Crippen MR) is 107 cm³/mol. The van der Waals surface area contributed by atoms with E-state index < -0.39 is 11.0 Å². The summed E-state index contributed by atoms with van der Waals surface area (Å²) in [5, 5.41) is 17.7. The summed E-state index contributed by atoms with van der Waals surface area (Å²) in [4.78, 5) is 27.1. The fourth-order valence-corrected chi connectivity index (χ4v) is 2.87. The first-order valence-corrected chi connectivity index (χ1v) is 9.35. The van der Waals surface area contributed by atoms with E-state index in [9.17, 15) is 14.9 Å². The van der Waals surface area contributed by atoms with Crippen molar-refractivity contribution in [1.82, 2.24) is 15.5 Å². The van der Waals surface area contributed by atoms with Gasteiger partial charge < -0.3 is 9.84 Å². The monoisotopic (exact) mass is 394 g/mol. The number of benzene rings is 2. The second-order valence-corrected chi connectivity index (χ2v) is 7.04. The first kappa shape index (κ1) is 20.2.